The van der Waals surface area contributed by atoms with Crippen LogP contribution in [0.1, 0.15) is 89.8 Å². The molecule has 3 aromatic rings. The number of hydrogen-bond donors (Lipinski definition) is 0. The molecule has 188 valence electrons. The Morgan fingerprint density at radius 1 is 0.861 bits per heavy atom. The van der Waals surface area contributed by atoms with Crippen molar-refractivity contribution in [1.82, 2.24) is 9.97 Å². The highest BCUT2D eigenvalue weighted by atomic mass is 15.5. The molecule has 3 heterocycles. The van der Waals surface area contributed by atoms with Crippen molar-refractivity contribution in [2.45, 2.75) is 84.7 Å². The summed E-state index contributed by atoms with van der Waals surface area (Å²) in [4.78, 5) is 14.7. The molecule has 3 atom stereocenters. The minimum atomic E-state index is -0.193. The molecule has 1 aromatic heterocycles. The average molecular weight is 481 g/mol. The van der Waals surface area contributed by atoms with E-state index in [1.165, 1.54) is 22.4 Å². The van der Waals surface area contributed by atoms with Crippen molar-refractivity contribution in [3.8, 4) is 0 Å². The predicted molar refractivity (Wildman–Crippen MR) is 152 cm³/mol. The number of hydrogen-bond acceptors (Lipinski definition) is 4. The van der Waals surface area contributed by atoms with Gasteiger partial charge in [-0.15, -0.1) is 6.58 Å². The van der Waals surface area contributed by atoms with Gasteiger partial charge in [-0.25, -0.2) is 9.97 Å². The lowest BCUT2D eigenvalue weighted by molar-refractivity contribution is 0.120. The van der Waals surface area contributed by atoms with Gasteiger partial charge in [0, 0.05) is 34.6 Å². The molecule has 0 N–H and O–H groups in total. The summed E-state index contributed by atoms with van der Waals surface area (Å²) in [6.07, 6.45) is 7.88. The predicted octanol–water partition coefficient (Wildman–Crippen LogP) is 8.60. The Morgan fingerprint density at radius 3 is 1.97 bits per heavy atom. The van der Waals surface area contributed by atoms with Gasteiger partial charge in [0.2, 0.25) is 0 Å². The normalized spacial score (nSPS) is 24.6. The lowest BCUT2D eigenvalue weighted by Gasteiger charge is -2.59. The lowest BCUT2D eigenvalue weighted by Crippen LogP contribution is -2.62. The molecule has 4 heteroatoms. The fourth-order valence-corrected chi connectivity index (χ4v) is 6.71. The van der Waals surface area contributed by atoms with Crippen LogP contribution in [0.15, 0.2) is 67.5 Å². The molecule has 2 aliphatic heterocycles. The molecule has 36 heavy (non-hydrogen) atoms. The molecule has 0 bridgehead atoms. The van der Waals surface area contributed by atoms with Gasteiger partial charge in [0.25, 0.3) is 0 Å². The van der Waals surface area contributed by atoms with Crippen LogP contribution in [0.25, 0.3) is 0 Å². The zero-order valence-electron chi connectivity index (χ0n) is 22.9. The van der Waals surface area contributed by atoms with Crippen molar-refractivity contribution in [1.29, 1.82) is 0 Å². The molecule has 0 amide bonds. The van der Waals surface area contributed by atoms with E-state index in [9.17, 15) is 0 Å². The third-order valence-corrected chi connectivity index (χ3v) is 9.10. The number of benzene rings is 2. The molecule has 0 saturated heterocycles. The highest BCUT2D eigenvalue weighted by Gasteiger charge is 2.62. The van der Waals surface area contributed by atoms with Crippen molar-refractivity contribution >= 4 is 23.0 Å². The van der Waals surface area contributed by atoms with Gasteiger partial charge in [-0.2, -0.15) is 0 Å². The Balaban J connectivity index is 1.82. The Hall–Kier alpha value is -3.14. The topological polar surface area (TPSA) is 32.3 Å². The third-order valence-electron chi connectivity index (χ3n) is 9.10. The van der Waals surface area contributed by atoms with Gasteiger partial charge >= 0.3 is 0 Å². The summed E-state index contributed by atoms with van der Waals surface area (Å²) in [7, 11) is 0. The zero-order valence-corrected chi connectivity index (χ0v) is 22.9. The first kappa shape index (κ1) is 24.5. The van der Waals surface area contributed by atoms with Crippen LogP contribution in [0.5, 0.6) is 0 Å². The second-order valence-electron chi connectivity index (χ2n) is 11.3. The Morgan fingerprint density at radius 2 is 1.44 bits per heavy atom. The summed E-state index contributed by atoms with van der Waals surface area (Å²) in [5, 5.41) is 0. The largest absolute Gasteiger partial charge is 0.301 e. The van der Waals surface area contributed by atoms with Crippen molar-refractivity contribution in [2.24, 2.45) is 5.41 Å². The minimum absolute atomic E-state index is 0.0279. The Labute approximate surface area is 217 Å². The molecular weight excluding hydrogens is 440 g/mol. The molecule has 3 unspecified atom stereocenters. The maximum absolute atomic E-state index is 4.92. The van der Waals surface area contributed by atoms with E-state index in [1.807, 2.05) is 12.4 Å². The Bertz CT molecular complexity index is 1280. The minimum Gasteiger partial charge on any atom is -0.301 e. The second-order valence-corrected chi connectivity index (χ2v) is 11.3. The van der Waals surface area contributed by atoms with E-state index in [0.29, 0.717) is 11.8 Å². The van der Waals surface area contributed by atoms with Crippen LogP contribution in [0.4, 0.5) is 23.0 Å². The maximum Gasteiger partial charge on any atom is 0.178 e. The molecule has 0 fully saturated rings. The lowest BCUT2D eigenvalue weighted by atomic mass is 9.54. The van der Waals surface area contributed by atoms with E-state index < -0.39 is 0 Å². The first-order valence-electron chi connectivity index (χ1n) is 13.5. The van der Waals surface area contributed by atoms with Crippen molar-refractivity contribution in [2.75, 3.05) is 9.80 Å². The zero-order chi connectivity index (χ0) is 25.8. The maximum atomic E-state index is 4.92. The highest BCUT2D eigenvalue weighted by Crippen LogP contribution is 2.64. The van der Waals surface area contributed by atoms with Crippen LogP contribution in [0.3, 0.4) is 0 Å². The standard InChI is InChI=1S/C32H40N4/c1-9-31(8)30-35(25-15-12-23(13-16-25)21(4)5)28-29(34-19-18-33-28)36(30)27-17-14-24(22(6)7)20-26(27)32(31,10-2)11-3/h10,12-22,30H,2,9,11H2,1,3-8H3. The quantitative estimate of drug-likeness (QED) is 0.331. The van der Waals surface area contributed by atoms with Gasteiger partial charge in [0.05, 0.1) is 0 Å². The smallest absolute Gasteiger partial charge is 0.178 e. The summed E-state index contributed by atoms with van der Waals surface area (Å²) < 4.78 is 0. The summed E-state index contributed by atoms with van der Waals surface area (Å²) in [5.41, 5.74) is 6.11. The van der Waals surface area contributed by atoms with E-state index in [4.69, 9.17) is 9.97 Å². The van der Waals surface area contributed by atoms with Gasteiger partial charge in [0.15, 0.2) is 11.6 Å². The van der Waals surface area contributed by atoms with Crippen LogP contribution in [-0.4, -0.2) is 16.1 Å². The molecule has 4 nitrogen and oxygen atoms in total. The number of rotatable bonds is 6. The summed E-state index contributed by atoms with van der Waals surface area (Å²) in [5.74, 6) is 2.81. The van der Waals surface area contributed by atoms with E-state index >= 15 is 0 Å². The van der Waals surface area contributed by atoms with Gasteiger partial charge in [0.1, 0.15) is 6.17 Å². The molecule has 2 aliphatic rings. The second kappa shape index (κ2) is 8.76. The van der Waals surface area contributed by atoms with Gasteiger partial charge < -0.3 is 9.80 Å². The van der Waals surface area contributed by atoms with Gasteiger partial charge in [-0.3, -0.25) is 0 Å². The monoisotopic (exact) mass is 480 g/mol. The molecule has 0 radical (unpaired) electrons. The Kier molecular flexibility index (Phi) is 5.97. The molecular formula is C32H40N4. The highest BCUT2D eigenvalue weighted by molar-refractivity contribution is 5.87. The number of nitrogens with zero attached hydrogens (tertiary/aromatic N) is 4. The van der Waals surface area contributed by atoms with E-state index in [1.54, 1.807) is 0 Å². The molecule has 2 aromatic carbocycles. The molecule has 0 aliphatic carbocycles. The number of fused-ring (bicyclic) bond motifs is 5. The van der Waals surface area contributed by atoms with Gasteiger partial charge in [-0.05, 0) is 59.6 Å². The van der Waals surface area contributed by atoms with Crippen LogP contribution < -0.4 is 9.80 Å². The first-order valence-corrected chi connectivity index (χ1v) is 13.5. The van der Waals surface area contributed by atoms with Gasteiger partial charge in [-0.1, -0.05) is 78.8 Å². The van der Waals surface area contributed by atoms with Crippen LogP contribution in [0.2, 0.25) is 0 Å². The summed E-state index contributed by atoms with van der Waals surface area (Å²) in [6, 6.07) is 16.1. The van der Waals surface area contributed by atoms with Crippen molar-refractivity contribution in [3.63, 3.8) is 0 Å². The van der Waals surface area contributed by atoms with Crippen LogP contribution in [0, 0.1) is 5.41 Å². The molecule has 0 saturated carbocycles. The van der Waals surface area contributed by atoms with Crippen LogP contribution in [-0.2, 0) is 5.41 Å². The van der Waals surface area contributed by atoms with E-state index in [0.717, 1.165) is 30.2 Å². The number of anilines is 4. The first-order chi connectivity index (χ1) is 17.2. The van der Waals surface area contributed by atoms with Crippen molar-refractivity contribution < 1.29 is 0 Å². The fraction of sp³-hybridized carbons (Fsp3) is 0.438. The summed E-state index contributed by atoms with van der Waals surface area (Å²) in [6.45, 7) is 20.6. The third kappa shape index (κ3) is 3.19. The SMILES string of the molecule is C=CC1(CC)c2cc(C(C)C)ccc2N2c3nccnc3N(c3ccc(C(C)C)cc3)C2C1(C)CC. The number of allylic oxidation sites excluding steroid dienone is 1. The summed E-state index contributed by atoms with van der Waals surface area (Å²) >= 11 is 0. The van der Waals surface area contributed by atoms with Crippen LogP contribution >= 0.6 is 0 Å². The average Bonchev–Trinajstić information content (AvgIpc) is 3.25. The number of aromatic nitrogens is 2. The van der Waals surface area contributed by atoms with E-state index in [-0.39, 0.29) is 17.0 Å². The molecule has 0 spiro atoms. The van der Waals surface area contributed by atoms with E-state index in [2.05, 4.69) is 113 Å². The molecule has 5 rings (SSSR count). The van der Waals surface area contributed by atoms with Crippen molar-refractivity contribution in [3.05, 3.63) is 84.2 Å². The fourth-order valence-electron chi connectivity index (χ4n) is 6.71.